The molecule has 0 bridgehead atoms. The molecule has 3 nitrogen and oxygen atoms in total. The fraction of sp³-hybridized carbons (Fsp3) is 0.300. The van der Waals surface area contributed by atoms with Gasteiger partial charge >= 0.3 is 0 Å². The Bertz CT molecular complexity index is 818. The van der Waals surface area contributed by atoms with Crippen molar-refractivity contribution in [1.82, 2.24) is 9.97 Å². The fourth-order valence-electron chi connectivity index (χ4n) is 3.22. The molecule has 0 N–H and O–H groups in total. The van der Waals surface area contributed by atoms with Crippen LogP contribution in [0.2, 0.25) is 0 Å². The van der Waals surface area contributed by atoms with Crippen LogP contribution in [0.25, 0.3) is 22.3 Å². The van der Waals surface area contributed by atoms with Gasteiger partial charge < -0.3 is 4.90 Å². The fourth-order valence-corrected chi connectivity index (χ4v) is 3.22. The molecule has 1 saturated heterocycles. The molecule has 1 aromatic heterocycles. The first kappa shape index (κ1) is 14.2. The van der Waals surface area contributed by atoms with Gasteiger partial charge in [-0.25, -0.2) is 9.97 Å². The van der Waals surface area contributed by atoms with Gasteiger partial charge in [-0.15, -0.1) is 0 Å². The lowest BCUT2D eigenvalue weighted by molar-refractivity contribution is 0.574. The highest BCUT2D eigenvalue weighted by Crippen LogP contribution is 2.31. The summed E-state index contributed by atoms with van der Waals surface area (Å²) in [6, 6.07) is 16.7. The van der Waals surface area contributed by atoms with Crippen molar-refractivity contribution in [3.63, 3.8) is 0 Å². The SMILES string of the molecule is Cc1ccc(-c2nc3ccccc3nc2N2CCCCC2)cc1. The minimum Gasteiger partial charge on any atom is -0.355 e. The highest BCUT2D eigenvalue weighted by molar-refractivity contribution is 5.83. The summed E-state index contributed by atoms with van der Waals surface area (Å²) in [5.41, 5.74) is 5.36. The lowest BCUT2D eigenvalue weighted by Crippen LogP contribution is -2.30. The van der Waals surface area contributed by atoms with Crippen LogP contribution in [0, 0.1) is 6.92 Å². The number of piperidine rings is 1. The van der Waals surface area contributed by atoms with Gasteiger partial charge in [-0.1, -0.05) is 42.0 Å². The van der Waals surface area contributed by atoms with Crippen LogP contribution in [-0.4, -0.2) is 23.1 Å². The molecule has 116 valence electrons. The molecule has 1 fully saturated rings. The first-order valence-electron chi connectivity index (χ1n) is 8.40. The number of fused-ring (bicyclic) bond motifs is 1. The Hall–Kier alpha value is -2.42. The number of anilines is 1. The minimum absolute atomic E-state index is 0.962. The van der Waals surface area contributed by atoms with E-state index < -0.39 is 0 Å². The van der Waals surface area contributed by atoms with E-state index in [-0.39, 0.29) is 0 Å². The van der Waals surface area contributed by atoms with Crippen LogP contribution in [-0.2, 0) is 0 Å². The topological polar surface area (TPSA) is 29.0 Å². The quantitative estimate of drug-likeness (QED) is 0.693. The molecule has 1 aliphatic rings. The van der Waals surface area contributed by atoms with E-state index in [0.717, 1.165) is 41.2 Å². The zero-order chi connectivity index (χ0) is 15.6. The Morgan fingerprint density at radius 2 is 1.43 bits per heavy atom. The van der Waals surface area contributed by atoms with Gasteiger partial charge in [0.1, 0.15) is 5.69 Å². The van der Waals surface area contributed by atoms with Gasteiger partial charge in [0.25, 0.3) is 0 Å². The number of aromatic nitrogens is 2. The molecule has 2 heterocycles. The highest BCUT2D eigenvalue weighted by atomic mass is 15.2. The van der Waals surface area contributed by atoms with Gasteiger partial charge in [-0.2, -0.15) is 0 Å². The minimum atomic E-state index is 0.962. The second kappa shape index (κ2) is 5.99. The molecule has 4 rings (SSSR count). The Balaban J connectivity index is 1.89. The molecule has 0 aliphatic carbocycles. The van der Waals surface area contributed by atoms with Crippen LogP contribution in [0.5, 0.6) is 0 Å². The smallest absolute Gasteiger partial charge is 0.155 e. The van der Waals surface area contributed by atoms with E-state index in [1.807, 2.05) is 18.2 Å². The number of benzene rings is 2. The van der Waals surface area contributed by atoms with Crippen molar-refractivity contribution in [2.75, 3.05) is 18.0 Å². The maximum atomic E-state index is 4.96. The standard InChI is InChI=1S/C20H21N3/c1-15-9-11-16(12-10-15)19-20(23-13-5-2-6-14-23)22-18-8-4-3-7-17(18)21-19/h3-4,7-12H,2,5-6,13-14H2,1H3. The Kier molecular flexibility index (Phi) is 3.70. The lowest BCUT2D eigenvalue weighted by atomic mass is 10.1. The summed E-state index contributed by atoms with van der Waals surface area (Å²) in [6.07, 6.45) is 3.79. The van der Waals surface area contributed by atoms with Gasteiger partial charge in [-0.3, -0.25) is 0 Å². The Morgan fingerprint density at radius 1 is 0.783 bits per heavy atom. The van der Waals surface area contributed by atoms with E-state index in [4.69, 9.17) is 9.97 Å². The summed E-state index contributed by atoms with van der Waals surface area (Å²) in [6.45, 7) is 4.26. The molecular formula is C20H21N3. The van der Waals surface area contributed by atoms with Crippen molar-refractivity contribution in [2.45, 2.75) is 26.2 Å². The van der Waals surface area contributed by atoms with Gasteiger partial charge in [-0.05, 0) is 38.3 Å². The molecular weight excluding hydrogens is 282 g/mol. The first-order valence-corrected chi connectivity index (χ1v) is 8.40. The van der Waals surface area contributed by atoms with Crippen LogP contribution in [0.4, 0.5) is 5.82 Å². The molecule has 0 atom stereocenters. The van der Waals surface area contributed by atoms with Crippen LogP contribution in [0.15, 0.2) is 48.5 Å². The number of hydrogen-bond donors (Lipinski definition) is 0. The van der Waals surface area contributed by atoms with E-state index in [0.29, 0.717) is 0 Å². The van der Waals surface area contributed by atoms with Crippen molar-refractivity contribution >= 4 is 16.9 Å². The third-order valence-electron chi connectivity index (χ3n) is 4.53. The summed E-state index contributed by atoms with van der Waals surface area (Å²) >= 11 is 0. The number of para-hydroxylation sites is 2. The number of hydrogen-bond acceptors (Lipinski definition) is 3. The molecule has 0 spiro atoms. The monoisotopic (exact) mass is 303 g/mol. The molecule has 0 amide bonds. The van der Waals surface area contributed by atoms with Crippen LogP contribution < -0.4 is 4.90 Å². The zero-order valence-corrected chi connectivity index (χ0v) is 13.5. The molecule has 3 heteroatoms. The summed E-state index contributed by atoms with van der Waals surface area (Å²) in [7, 11) is 0. The van der Waals surface area contributed by atoms with Crippen LogP contribution in [0.3, 0.4) is 0 Å². The molecule has 0 radical (unpaired) electrons. The average molecular weight is 303 g/mol. The maximum Gasteiger partial charge on any atom is 0.155 e. The molecule has 2 aromatic carbocycles. The van der Waals surface area contributed by atoms with Gasteiger partial charge in [0, 0.05) is 18.7 Å². The van der Waals surface area contributed by atoms with Crippen molar-refractivity contribution in [3.8, 4) is 11.3 Å². The lowest BCUT2D eigenvalue weighted by Gasteiger charge is -2.29. The molecule has 23 heavy (non-hydrogen) atoms. The predicted molar refractivity (Wildman–Crippen MR) is 95.8 cm³/mol. The van der Waals surface area contributed by atoms with Gasteiger partial charge in [0.05, 0.1) is 11.0 Å². The third kappa shape index (κ3) is 2.79. The number of aryl methyl sites for hydroxylation is 1. The zero-order valence-electron chi connectivity index (χ0n) is 13.5. The number of nitrogens with zero attached hydrogens (tertiary/aromatic N) is 3. The summed E-state index contributed by atoms with van der Waals surface area (Å²) in [4.78, 5) is 12.3. The van der Waals surface area contributed by atoms with E-state index in [1.165, 1.54) is 24.8 Å². The van der Waals surface area contributed by atoms with E-state index in [9.17, 15) is 0 Å². The average Bonchev–Trinajstić information content (AvgIpc) is 2.62. The maximum absolute atomic E-state index is 4.96. The van der Waals surface area contributed by atoms with Gasteiger partial charge in [0.2, 0.25) is 0 Å². The third-order valence-corrected chi connectivity index (χ3v) is 4.53. The second-order valence-electron chi connectivity index (χ2n) is 6.30. The molecule has 0 saturated carbocycles. The Labute approximate surface area is 137 Å². The van der Waals surface area contributed by atoms with Crippen molar-refractivity contribution < 1.29 is 0 Å². The van der Waals surface area contributed by atoms with E-state index >= 15 is 0 Å². The predicted octanol–water partition coefficient (Wildman–Crippen LogP) is 4.60. The first-order chi connectivity index (χ1) is 11.3. The summed E-state index contributed by atoms with van der Waals surface area (Å²) in [5, 5.41) is 0. The Morgan fingerprint density at radius 3 is 2.13 bits per heavy atom. The van der Waals surface area contributed by atoms with Crippen LogP contribution >= 0.6 is 0 Å². The molecule has 0 unspecified atom stereocenters. The normalized spacial score (nSPS) is 15.1. The molecule has 1 aliphatic heterocycles. The van der Waals surface area contributed by atoms with Gasteiger partial charge in [0.15, 0.2) is 5.82 Å². The molecule has 3 aromatic rings. The second-order valence-corrected chi connectivity index (χ2v) is 6.30. The van der Waals surface area contributed by atoms with Crippen molar-refractivity contribution in [2.24, 2.45) is 0 Å². The largest absolute Gasteiger partial charge is 0.355 e. The highest BCUT2D eigenvalue weighted by Gasteiger charge is 2.19. The van der Waals surface area contributed by atoms with Crippen molar-refractivity contribution in [3.05, 3.63) is 54.1 Å². The summed E-state index contributed by atoms with van der Waals surface area (Å²) in [5.74, 6) is 1.03. The van der Waals surface area contributed by atoms with Crippen LogP contribution in [0.1, 0.15) is 24.8 Å². The van der Waals surface area contributed by atoms with E-state index in [1.54, 1.807) is 0 Å². The van der Waals surface area contributed by atoms with E-state index in [2.05, 4.69) is 42.2 Å². The summed E-state index contributed by atoms with van der Waals surface area (Å²) < 4.78 is 0. The van der Waals surface area contributed by atoms with Crippen molar-refractivity contribution in [1.29, 1.82) is 0 Å². The number of rotatable bonds is 2.